The number of carboxylic acids is 1. The van der Waals surface area contributed by atoms with Gasteiger partial charge in [-0.15, -0.1) is 0 Å². The second-order valence-electron chi connectivity index (χ2n) is 11.6. The Hall–Kier alpha value is -2.94. The Morgan fingerprint density at radius 1 is 0.895 bits per heavy atom. The summed E-state index contributed by atoms with van der Waals surface area (Å²) in [4.78, 5) is 49.7. The maximum absolute atomic E-state index is 12.9. The fourth-order valence-corrected chi connectivity index (χ4v) is 3.36. The zero-order valence-corrected chi connectivity index (χ0v) is 24.3. The molecule has 0 amide bonds. The maximum atomic E-state index is 12.9. The molecule has 1 aromatic carbocycles. The Morgan fingerprint density at radius 2 is 1.39 bits per heavy atom. The van der Waals surface area contributed by atoms with Crippen molar-refractivity contribution in [2.24, 2.45) is 22.5 Å². The molecule has 0 aromatic heterocycles. The molecule has 3 atom stereocenters. The van der Waals surface area contributed by atoms with Gasteiger partial charge in [0.25, 0.3) is 0 Å². The number of ether oxygens (including phenoxy) is 3. The molecule has 0 aliphatic carbocycles. The Bertz CT molecular complexity index is 998. The molecule has 0 heterocycles. The summed E-state index contributed by atoms with van der Waals surface area (Å²) >= 11 is 0. The van der Waals surface area contributed by atoms with Crippen molar-refractivity contribution in [3.8, 4) is 11.5 Å². The van der Waals surface area contributed by atoms with Gasteiger partial charge < -0.3 is 25.1 Å². The van der Waals surface area contributed by atoms with E-state index < -0.39 is 46.8 Å². The highest BCUT2D eigenvalue weighted by Crippen LogP contribution is 2.37. The fraction of sp³-hybridized carbons (Fsp3) is 0.655. The Balaban J connectivity index is 3.48. The summed E-state index contributed by atoms with van der Waals surface area (Å²) in [5.74, 6) is -3.29. The number of carbonyl (C=O) groups is 4. The standard InChI is InChI=1S/C29H45NO8/c1-10-28(6,7)26(34)37-21-13-12-19(16-22(21)38-27(35)29(8,9)11-2)20(24(30)25(32)33)15-18(5)36-23(31)14-17(3)4/h12-13,16-18,20,24H,10-11,14-15,30H2,1-9H3,(H,32,33)/t18?,20?,24-/m0/s1. The first-order valence-electron chi connectivity index (χ1n) is 13.2. The summed E-state index contributed by atoms with van der Waals surface area (Å²) in [7, 11) is 0. The summed E-state index contributed by atoms with van der Waals surface area (Å²) in [5.41, 5.74) is 4.92. The van der Waals surface area contributed by atoms with Crippen LogP contribution in [0.5, 0.6) is 11.5 Å². The Labute approximate surface area is 226 Å². The molecule has 9 heteroatoms. The summed E-state index contributed by atoms with van der Waals surface area (Å²) in [6.45, 7) is 16.2. The molecule has 214 valence electrons. The van der Waals surface area contributed by atoms with Gasteiger partial charge in [0.2, 0.25) is 0 Å². The summed E-state index contributed by atoms with van der Waals surface area (Å²) in [5, 5.41) is 9.68. The van der Waals surface area contributed by atoms with Crippen LogP contribution in [0.15, 0.2) is 18.2 Å². The maximum Gasteiger partial charge on any atom is 0.321 e. The quantitative estimate of drug-likeness (QED) is 0.242. The number of nitrogens with two attached hydrogens (primary N) is 1. The van der Waals surface area contributed by atoms with E-state index >= 15 is 0 Å². The van der Waals surface area contributed by atoms with Crippen LogP contribution in [0.4, 0.5) is 0 Å². The lowest BCUT2D eigenvalue weighted by Crippen LogP contribution is -2.38. The van der Waals surface area contributed by atoms with Crippen molar-refractivity contribution >= 4 is 23.9 Å². The Kier molecular flexibility index (Phi) is 12.0. The number of carbonyl (C=O) groups excluding carboxylic acids is 3. The van der Waals surface area contributed by atoms with Gasteiger partial charge in [-0.25, -0.2) is 0 Å². The van der Waals surface area contributed by atoms with Crippen LogP contribution >= 0.6 is 0 Å². The second-order valence-corrected chi connectivity index (χ2v) is 11.6. The number of hydrogen-bond acceptors (Lipinski definition) is 8. The molecule has 0 bridgehead atoms. The minimum absolute atomic E-state index is 0.0127. The molecule has 3 N–H and O–H groups in total. The molecule has 0 aliphatic heterocycles. The summed E-state index contributed by atoms with van der Waals surface area (Å²) in [6.07, 6.45) is 0.777. The number of benzene rings is 1. The van der Waals surface area contributed by atoms with Gasteiger partial charge in [-0.2, -0.15) is 0 Å². The molecule has 0 radical (unpaired) electrons. The van der Waals surface area contributed by atoms with Gasteiger partial charge in [0, 0.05) is 12.3 Å². The number of aliphatic carboxylic acids is 1. The van der Waals surface area contributed by atoms with E-state index in [0.717, 1.165) is 0 Å². The molecule has 38 heavy (non-hydrogen) atoms. The molecule has 0 saturated heterocycles. The molecule has 2 unspecified atom stereocenters. The number of hydrogen-bond donors (Lipinski definition) is 2. The lowest BCUT2D eigenvalue weighted by molar-refractivity contribution is -0.150. The van der Waals surface area contributed by atoms with Crippen molar-refractivity contribution in [3.63, 3.8) is 0 Å². The van der Waals surface area contributed by atoms with Crippen LogP contribution in [0.25, 0.3) is 0 Å². The average Bonchev–Trinajstić information content (AvgIpc) is 2.82. The average molecular weight is 536 g/mol. The van der Waals surface area contributed by atoms with Gasteiger partial charge >= 0.3 is 23.9 Å². The first kappa shape index (κ1) is 33.1. The second kappa shape index (κ2) is 13.7. The molecular formula is C29H45NO8. The molecule has 9 nitrogen and oxygen atoms in total. The van der Waals surface area contributed by atoms with Crippen LogP contribution in [0, 0.1) is 16.7 Å². The first-order valence-corrected chi connectivity index (χ1v) is 13.2. The van der Waals surface area contributed by atoms with Gasteiger partial charge in [-0.3, -0.25) is 19.2 Å². The molecular weight excluding hydrogens is 490 g/mol. The van der Waals surface area contributed by atoms with Crippen molar-refractivity contribution in [3.05, 3.63) is 23.8 Å². The van der Waals surface area contributed by atoms with Crippen molar-refractivity contribution in [1.82, 2.24) is 0 Å². The van der Waals surface area contributed by atoms with Crippen LogP contribution in [0.2, 0.25) is 0 Å². The third-order valence-corrected chi connectivity index (χ3v) is 6.89. The van der Waals surface area contributed by atoms with E-state index in [-0.39, 0.29) is 36.2 Å². The van der Waals surface area contributed by atoms with E-state index in [9.17, 15) is 24.3 Å². The van der Waals surface area contributed by atoms with Crippen LogP contribution in [0.3, 0.4) is 0 Å². The monoisotopic (exact) mass is 535 g/mol. The SMILES string of the molecule is CCC(C)(C)C(=O)Oc1ccc(C(CC(C)OC(=O)CC(C)C)[C@H](N)C(=O)O)cc1OC(=O)C(C)(C)CC. The van der Waals surface area contributed by atoms with Crippen molar-refractivity contribution < 1.29 is 38.5 Å². The predicted octanol–water partition coefficient (Wildman–Crippen LogP) is 5.23. The van der Waals surface area contributed by atoms with Gasteiger partial charge in [-0.1, -0.05) is 33.8 Å². The number of esters is 3. The van der Waals surface area contributed by atoms with Crippen LogP contribution in [-0.2, 0) is 23.9 Å². The van der Waals surface area contributed by atoms with E-state index in [1.165, 1.54) is 12.1 Å². The first-order chi connectivity index (χ1) is 17.4. The lowest BCUT2D eigenvalue weighted by Gasteiger charge is -2.27. The van der Waals surface area contributed by atoms with Gasteiger partial charge in [0.1, 0.15) is 6.04 Å². The van der Waals surface area contributed by atoms with Crippen LogP contribution in [0.1, 0.15) is 99.5 Å². The number of carboxylic acid groups (broad SMARTS) is 1. The van der Waals surface area contributed by atoms with E-state index in [1.54, 1.807) is 40.7 Å². The Morgan fingerprint density at radius 3 is 1.84 bits per heavy atom. The molecule has 1 aromatic rings. The van der Waals surface area contributed by atoms with Crippen LogP contribution < -0.4 is 15.2 Å². The third-order valence-electron chi connectivity index (χ3n) is 6.89. The van der Waals surface area contributed by atoms with E-state index in [0.29, 0.717) is 18.4 Å². The van der Waals surface area contributed by atoms with Crippen molar-refractivity contribution in [2.45, 2.75) is 106 Å². The minimum atomic E-state index is -1.33. The summed E-state index contributed by atoms with van der Waals surface area (Å²) < 4.78 is 16.8. The lowest BCUT2D eigenvalue weighted by atomic mass is 9.86. The molecule has 0 saturated carbocycles. The summed E-state index contributed by atoms with van der Waals surface area (Å²) in [6, 6.07) is 3.20. The highest BCUT2D eigenvalue weighted by Gasteiger charge is 2.33. The van der Waals surface area contributed by atoms with Gasteiger partial charge in [0.05, 0.1) is 16.9 Å². The largest absolute Gasteiger partial charge is 0.480 e. The smallest absolute Gasteiger partial charge is 0.321 e. The zero-order valence-electron chi connectivity index (χ0n) is 24.3. The highest BCUT2D eigenvalue weighted by atomic mass is 16.6. The van der Waals surface area contributed by atoms with E-state index in [2.05, 4.69) is 0 Å². The zero-order chi connectivity index (χ0) is 29.4. The minimum Gasteiger partial charge on any atom is -0.480 e. The molecule has 0 aliphatic rings. The molecule has 0 spiro atoms. The van der Waals surface area contributed by atoms with Gasteiger partial charge in [0.15, 0.2) is 11.5 Å². The van der Waals surface area contributed by atoms with Crippen molar-refractivity contribution in [2.75, 3.05) is 0 Å². The van der Waals surface area contributed by atoms with E-state index in [1.807, 2.05) is 27.7 Å². The van der Waals surface area contributed by atoms with Crippen LogP contribution in [-0.4, -0.2) is 41.1 Å². The molecule has 0 fully saturated rings. The topological polar surface area (TPSA) is 142 Å². The fourth-order valence-electron chi connectivity index (χ4n) is 3.36. The van der Waals surface area contributed by atoms with Crippen molar-refractivity contribution in [1.29, 1.82) is 0 Å². The highest BCUT2D eigenvalue weighted by molar-refractivity contribution is 5.82. The third kappa shape index (κ3) is 9.42. The van der Waals surface area contributed by atoms with Gasteiger partial charge in [-0.05, 0) is 77.5 Å². The molecule has 1 rings (SSSR count). The number of rotatable bonds is 14. The predicted molar refractivity (Wildman–Crippen MR) is 144 cm³/mol. The normalized spacial score (nSPS) is 14.4. The van der Waals surface area contributed by atoms with E-state index in [4.69, 9.17) is 19.9 Å².